The van der Waals surface area contributed by atoms with Gasteiger partial charge in [-0.15, -0.1) is 0 Å². The molecule has 3 rings (SSSR count). The third-order valence-corrected chi connectivity index (χ3v) is 6.30. The third kappa shape index (κ3) is 4.85. The molecule has 3 aromatic rings. The Hall–Kier alpha value is -3.13. The highest BCUT2D eigenvalue weighted by Gasteiger charge is 2.24. The molecule has 0 fully saturated rings. The topological polar surface area (TPSA) is 107 Å². The molecule has 1 aromatic heterocycles. The number of rotatable bonds is 6. The highest BCUT2D eigenvalue weighted by molar-refractivity contribution is 7.70. The number of hydrogen-bond acceptors (Lipinski definition) is 6. The van der Waals surface area contributed by atoms with Crippen molar-refractivity contribution >= 4 is 35.3 Å². The Kier molecular flexibility index (Phi) is 6.46. The van der Waals surface area contributed by atoms with Crippen LogP contribution >= 0.6 is 7.14 Å². The van der Waals surface area contributed by atoms with Gasteiger partial charge in [0, 0.05) is 17.0 Å². The van der Waals surface area contributed by atoms with Crippen molar-refractivity contribution in [3.05, 3.63) is 53.1 Å². The largest absolute Gasteiger partial charge is 0.410 e. The molecule has 0 saturated carbocycles. The number of benzene rings is 2. The minimum Gasteiger partial charge on any atom is -0.410 e. The van der Waals surface area contributed by atoms with E-state index in [9.17, 15) is 22.5 Å². The van der Waals surface area contributed by atoms with Crippen LogP contribution in [0.25, 0.3) is 10.9 Å². The van der Waals surface area contributed by atoms with Crippen molar-refractivity contribution in [2.75, 3.05) is 18.6 Å². The number of carbonyl (C=O) groups excluding carboxylic acids is 1. The number of halogens is 3. The molecule has 7 nitrogen and oxygen atoms in total. The van der Waals surface area contributed by atoms with Crippen LogP contribution in [0.15, 0.2) is 30.3 Å². The van der Waals surface area contributed by atoms with E-state index in [4.69, 9.17) is 10.5 Å². The molecule has 32 heavy (non-hydrogen) atoms. The van der Waals surface area contributed by atoms with E-state index in [0.717, 1.165) is 6.07 Å². The Balaban J connectivity index is 2.14. The average molecular weight is 466 g/mol. The zero-order valence-electron chi connectivity index (χ0n) is 17.8. The van der Waals surface area contributed by atoms with Crippen molar-refractivity contribution in [3.8, 4) is 5.75 Å². The number of nitrogens with zero attached hydrogens (tertiary/aromatic N) is 2. The van der Waals surface area contributed by atoms with Gasteiger partial charge in [-0.3, -0.25) is 0 Å². The van der Waals surface area contributed by atoms with Crippen LogP contribution in [0.5, 0.6) is 5.75 Å². The summed E-state index contributed by atoms with van der Waals surface area (Å²) in [6.45, 7) is 6.23. The standard InChI is InChI=1S/C21H22F3N4O3P/c1-10(12-6-5-7-13(18(12)22)19(23)24)26-20-14-8-17(32(3,4)30)16(31-21(25)29)9-15(14)27-11(2)28-20/h5-10,19H,1-4H3,(H2,25,29)(H,26,27,28). The normalized spacial score (nSPS) is 12.8. The number of nitrogens with one attached hydrogen (secondary N) is 1. The van der Waals surface area contributed by atoms with Gasteiger partial charge in [0.1, 0.15) is 30.4 Å². The molecule has 1 heterocycles. The molecule has 0 aliphatic rings. The fourth-order valence-corrected chi connectivity index (χ4v) is 4.42. The molecule has 3 N–H and O–H groups in total. The van der Waals surface area contributed by atoms with E-state index in [1.165, 1.54) is 37.6 Å². The summed E-state index contributed by atoms with van der Waals surface area (Å²) in [7, 11) is -2.93. The maximum atomic E-state index is 14.6. The van der Waals surface area contributed by atoms with Gasteiger partial charge in [0.05, 0.1) is 22.4 Å². The van der Waals surface area contributed by atoms with E-state index >= 15 is 0 Å². The average Bonchev–Trinajstić information content (AvgIpc) is 2.65. The highest BCUT2D eigenvalue weighted by Crippen LogP contribution is 2.41. The fourth-order valence-electron chi connectivity index (χ4n) is 3.34. The lowest BCUT2D eigenvalue weighted by Gasteiger charge is -2.20. The third-order valence-electron chi connectivity index (χ3n) is 4.79. The number of anilines is 1. The van der Waals surface area contributed by atoms with Crippen LogP contribution in [0.2, 0.25) is 0 Å². The first-order valence-electron chi connectivity index (χ1n) is 9.56. The second kappa shape index (κ2) is 8.78. The molecule has 11 heteroatoms. The Morgan fingerprint density at radius 2 is 1.84 bits per heavy atom. The molecule has 0 spiro atoms. The van der Waals surface area contributed by atoms with Gasteiger partial charge >= 0.3 is 6.09 Å². The molecule has 0 aliphatic carbocycles. The molecule has 2 aromatic carbocycles. The summed E-state index contributed by atoms with van der Waals surface area (Å²) in [6, 6.07) is 6.02. The minimum absolute atomic E-state index is 0.0195. The van der Waals surface area contributed by atoms with Crippen molar-refractivity contribution in [2.24, 2.45) is 5.73 Å². The molecule has 1 atom stereocenters. The molecule has 0 radical (unpaired) electrons. The molecular formula is C21H22F3N4O3P. The van der Waals surface area contributed by atoms with Gasteiger partial charge < -0.3 is 20.4 Å². The zero-order valence-corrected chi connectivity index (χ0v) is 18.7. The van der Waals surface area contributed by atoms with Crippen molar-refractivity contribution in [1.82, 2.24) is 9.97 Å². The van der Waals surface area contributed by atoms with E-state index in [0.29, 0.717) is 16.7 Å². The summed E-state index contributed by atoms with van der Waals surface area (Å²) in [6.07, 6.45) is -4.01. The molecular weight excluding hydrogens is 444 g/mol. The second-order valence-corrected chi connectivity index (χ2v) is 10.8. The van der Waals surface area contributed by atoms with Crippen molar-refractivity contribution in [1.29, 1.82) is 0 Å². The van der Waals surface area contributed by atoms with E-state index in [1.807, 2.05) is 0 Å². The Labute approximate surface area is 182 Å². The number of ether oxygens (including phenoxy) is 1. The summed E-state index contributed by atoms with van der Waals surface area (Å²) in [5, 5.41) is 3.71. The number of aryl methyl sites for hydroxylation is 1. The van der Waals surface area contributed by atoms with Gasteiger partial charge in [0.15, 0.2) is 0 Å². The van der Waals surface area contributed by atoms with Gasteiger partial charge in [-0.25, -0.2) is 27.9 Å². The van der Waals surface area contributed by atoms with Gasteiger partial charge in [-0.05, 0) is 33.2 Å². The van der Waals surface area contributed by atoms with E-state index in [2.05, 4.69) is 15.3 Å². The highest BCUT2D eigenvalue weighted by atomic mass is 31.2. The molecule has 0 bridgehead atoms. The Morgan fingerprint density at radius 3 is 2.44 bits per heavy atom. The summed E-state index contributed by atoms with van der Waals surface area (Å²) in [4.78, 5) is 20.0. The summed E-state index contributed by atoms with van der Waals surface area (Å²) < 4.78 is 58.6. The Morgan fingerprint density at radius 1 is 1.19 bits per heavy atom. The van der Waals surface area contributed by atoms with Gasteiger partial charge in [-0.1, -0.05) is 18.2 Å². The lowest BCUT2D eigenvalue weighted by Crippen LogP contribution is -2.21. The maximum absolute atomic E-state index is 14.6. The van der Waals surface area contributed by atoms with Crippen molar-refractivity contribution in [3.63, 3.8) is 0 Å². The molecule has 0 aliphatic heterocycles. The lowest BCUT2D eigenvalue weighted by atomic mass is 10.0. The first-order chi connectivity index (χ1) is 14.9. The monoisotopic (exact) mass is 466 g/mol. The van der Waals surface area contributed by atoms with Crippen LogP contribution in [0, 0.1) is 12.7 Å². The summed E-state index contributed by atoms with van der Waals surface area (Å²) in [5.74, 6) is -0.349. The lowest BCUT2D eigenvalue weighted by molar-refractivity contribution is 0.146. The number of fused-ring (bicyclic) bond motifs is 1. The van der Waals surface area contributed by atoms with E-state index in [1.54, 1.807) is 13.8 Å². The van der Waals surface area contributed by atoms with Crippen LogP contribution in [0.1, 0.15) is 36.3 Å². The van der Waals surface area contributed by atoms with Gasteiger partial charge in [-0.2, -0.15) is 0 Å². The number of carbonyl (C=O) groups is 1. The SMILES string of the molecule is Cc1nc(NC(C)c2cccc(C(F)F)c2F)c2cc(P(C)(C)=O)c(OC(N)=O)cc2n1. The first-order valence-corrected chi connectivity index (χ1v) is 12.2. The quantitative estimate of drug-likeness (QED) is 0.501. The van der Waals surface area contributed by atoms with Crippen molar-refractivity contribution < 1.29 is 27.3 Å². The van der Waals surface area contributed by atoms with E-state index in [-0.39, 0.29) is 22.4 Å². The van der Waals surface area contributed by atoms with Gasteiger partial charge in [0.25, 0.3) is 6.43 Å². The summed E-state index contributed by atoms with van der Waals surface area (Å²) >= 11 is 0. The first kappa shape index (κ1) is 23.5. The number of hydrogen-bond donors (Lipinski definition) is 2. The van der Waals surface area contributed by atoms with Crippen molar-refractivity contribution in [2.45, 2.75) is 26.3 Å². The van der Waals surface area contributed by atoms with Crippen LogP contribution < -0.4 is 21.1 Å². The molecule has 1 amide bonds. The molecule has 1 unspecified atom stereocenters. The Bertz CT molecular complexity index is 1250. The number of alkyl halides is 2. The zero-order chi connectivity index (χ0) is 23.8. The van der Waals surface area contributed by atoms with Crippen LogP contribution in [-0.4, -0.2) is 29.4 Å². The van der Waals surface area contributed by atoms with Crippen LogP contribution in [-0.2, 0) is 4.57 Å². The second-order valence-electron chi connectivity index (χ2n) is 7.65. The van der Waals surface area contributed by atoms with Gasteiger partial charge in [0.2, 0.25) is 0 Å². The molecule has 0 saturated heterocycles. The number of amides is 1. The number of primary amides is 1. The maximum Gasteiger partial charge on any atom is 0.409 e. The smallest absolute Gasteiger partial charge is 0.409 e. The van der Waals surface area contributed by atoms with E-state index < -0.39 is 37.1 Å². The fraction of sp³-hybridized carbons (Fsp3) is 0.286. The number of aromatic nitrogens is 2. The minimum atomic E-state index is -2.95. The number of nitrogens with two attached hydrogens (primary N) is 1. The predicted molar refractivity (Wildman–Crippen MR) is 117 cm³/mol. The summed E-state index contributed by atoms with van der Waals surface area (Å²) in [5.41, 5.74) is 4.85. The van der Waals surface area contributed by atoms with Crippen LogP contribution in [0.4, 0.5) is 23.8 Å². The van der Waals surface area contributed by atoms with Crippen LogP contribution in [0.3, 0.4) is 0 Å². The predicted octanol–water partition coefficient (Wildman–Crippen LogP) is 4.89. The molecule has 170 valence electrons.